The molecule has 0 bridgehead atoms. The predicted molar refractivity (Wildman–Crippen MR) is 163 cm³/mol. The van der Waals surface area contributed by atoms with Gasteiger partial charge < -0.3 is 14.2 Å². The van der Waals surface area contributed by atoms with Gasteiger partial charge in [0.2, 0.25) is 0 Å². The summed E-state index contributed by atoms with van der Waals surface area (Å²) in [7, 11) is 3.23. The van der Waals surface area contributed by atoms with Crippen molar-refractivity contribution in [3.05, 3.63) is 137 Å². The van der Waals surface area contributed by atoms with Gasteiger partial charge in [-0.3, -0.25) is 14.6 Å². The fourth-order valence-electron chi connectivity index (χ4n) is 6.35. The summed E-state index contributed by atoms with van der Waals surface area (Å²) >= 11 is 0. The highest BCUT2D eigenvalue weighted by molar-refractivity contribution is 5.88. The van der Waals surface area contributed by atoms with Gasteiger partial charge >= 0.3 is 5.97 Å². The van der Waals surface area contributed by atoms with Crippen LogP contribution >= 0.6 is 0 Å². The van der Waals surface area contributed by atoms with E-state index < -0.39 is 11.6 Å². The third kappa shape index (κ3) is 5.98. The molecule has 1 unspecified atom stereocenters. The van der Waals surface area contributed by atoms with Crippen LogP contribution in [0.25, 0.3) is 0 Å². The maximum atomic E-state index is 14.0. The van der Waals surface area contributed by atoms with Crippen LogP contribution in [0.2, 0.25) is 0 Å². The monoisotopic (exact) mass is 598 g/mol. The van der Waals surface area contributed by atoms with Crippen LogP contribution in [0.5, 0.6) is 5.75 Å². The van der Waals surface area contributed by atoms with Crippen LogP contribution in [0.4, 0.5) is 8.78 Å². The maximum absolute atomic E-state index is 14.0. The lowest BCUT2D eigenvalue weighted by atomic mass is 9.95. The third-order valence-electron chi connectivity index (χ3n) is 8.87. The second kappa shape index (κ2) is 12.9. The molecule has 0 spiro atoms. The van der Waals surface area contributed by atoms with Crippen molar-refractivity contribution in [2.75, 3.05) is 40.4 Å². The number of nitrogens with zero attached hydrogens (tertiary/aromatic N) is 2. The van der Waals surface area contributed by atoms with Crippen molar-refractivity contribution < 1.29 is 27.8 Å². The molecule has 44 heavy (non-hydrogen) atoms. The molecule has 228 valence electrons. The van der Waals surface area contributed by atoms with Gasteiger partial charge in [0.1, 0.15) is 22.8 Å². The third-order valence-corrected chi connectivity index (χ3v) is 8.87. The van der Waals surface area contributed by atoms with E-state index >= 15 is 0 Å². The second-order valence-corrected chi connectivity index (χ2v) is 11.4. The highest BCUT2D eigenvalue weighted by Gasteiger charge is 2.64. The minimum atomic E-state index is -0.883. The number of carbonyl (C=O) groups excluding carboxylic acids is 1. The number of rotatable bonds is 10. The molecule has 2 aliphatic rings. The van der Waals surface area contributed by atoms with Crippen LogP contribution in [-0.4, -0.2) is 62.3 Å². The summed E-state index contributed by atoms with van der Waals surface area (Å²) < 4.78 is 45.0. The van der Waals surface area contributed by atoms with Gasteiger partial charge in [0, 0.05) is 38.9 Å². The van der Waals surface area contributed by atoms with Crippen molar-refractivity contribution >= 4 is 5.97 Å². The number of carbonyl (C=O) groups is 1. The molecule has 1 aliphatic heterocycles. The summed E-state index contributed by atoms with van der Waals surface area (Å²) in [6, 6.07) is 30.1. The average Bonchev–Trinajstić information content (AvgIpc) is 3.82. The van der Waals surface area contributed by atoms with Gasteiger partial charge in [0.15, 0.2) is 6.23 Å². The number of hydrogen-bond donors (Lipinski definition) is 0. The molecule has 2 fully saturated rings. The molecular formula is C36H36F2N2O4. The predicted octanol–water partition coefficient (Wildman–Crippen LogP) is 6.28. The van der Waals surface area contributed by atoms with Gasteiger partial charge in [-0.2, -0.15) is 0 Å². The number of piperazine rings is 1. The Labute approximate surface area is 256 Å². The molecule has 1 aliphatic carbocycles. The highest BCUT2D eigenvalue weighted by Crippen LogP contribution is 2.52. The van der Waals surface area contributed by atoms with Crippen LogP contribution in [0, 0.1) is 11.6 Å². The Balaban J connectivity index is 1.24. The van der Waals surface area contributed by atoms with E-state index in [1.54, 1.807) is 38.5 Å². The number of hydrogen-bond acceptors (Lipinski definition) is 6. The molecule has 0 amide bonds. The number of esters is 1. The fourth-order valence-corrected chi connectivity index (χ4v) is 6.35. The topological polar surface area (TPSA) is 51.2 Å². The Morgan fingerprint density at radius 1 is 0.727 bits per heavy atom. The highest BCUT2D eigenvalue weighted by atomic mass is 19.1. The van der Waals surface area contributed by atoms with Crippen molar-refractivity contribution in [3.63, 3.8) is 0 Å². The summed E-state index contributed by atoms with van der Waals surface area (Å²) in [5, 5.41) is 0. The minimum Gasteiger partial charge on any atom is -0.497 e. The summed E-state index contributed by atoms with van der Waals surface area (Å²) in [6.07, 6.45) is -0.320. The summed E-state index contributed by atoms with van der Waals surface area (Å²) in [5.41, 5.74) is 2.71. The summed E-state index contributed by atoms with van der Waals surface area (Å²) in [6.45, 7) is 2.55. The first kappa shape index (κ1) is 29.9. The number of halogens is 2. The number of benzene rings is 4. The van der Waals surface area contributed by atoms with Crippen LogP contribution in [0.3, 0.4) is 0 Å². The lowest BCUT2D eigenvalue weighted by Crippen LogP contribution is -2.50. The zero-order valence-corrected chi connectivity index (χ0v) is 24.9. The van der Waals surface area contributed by atoms with E-state index in [1.165, 1.54) is 24.3 Å². The smallest absolute Gasteiger partial charge is 0.321 e. The second-order valence-electron chi connectivity index (χ2n) is 11.4. The first-order valence-electron chi connectivity index (χ1n) is 14.9. The lowest BCUT2D eigenvalue weighted by Gasteiger charge is -2.42. The van der Waals surface area contributed by atoms with Gasteiger partial charge in [0.05, 0.1) is 19.3 Å². The lowest BCUT2D eigenvalue weighted by molar-refractivity contribution is -0.167. The quantitative estimate of drug-likeness (QED) is 0.200. The number of ether oxygens (including phenoxy) is 3. The maximum Gasteiger partial charge on any atom is 0.321 e. The van der Waals surface area contributed by atoms with Gasteiger partial charge in [-0.1, -0.05) is 66.7 Å². The van der Waals surface area contributed by atoms with E-state index in [1.807, 2.05) is 54.6 Å². The molecule has 1 saturated carbocycles. The standard InChI is InChI=1S/C36H36F2N2O4/c1-42-31-18-12-28(13-19-31)36(24-32(36)43-2)35(41)44-34(27-6-4-3-5-7-27)40-22-20-39(21-23-40)33(25-8-14-29(37)15-9-25)26-10-16-30(38)17-11-26/h3-19,32-34H,20-24H2,1-2H3/t32-,34?,36-/m1/s1. The SMILES string of the molecule is COc1ccc([C@]2(C(=O)OC(c3ccccc3)N3CCN(C(c4ccc(F)cc4)c4ccc(F)cc4)CC3)C[C@H]2OC)cc1. The van der Waals surface area contributed by atoms with Crippen molar-refractivity contribution in [1.29, 1.82) is 0 Å². The summed E-state index contributed by atoms with van der Waals surface area (Å²) in [4.78, 5) is 18.5. The van der Waals surface area contributed by atoms with Gasteiger partial charge in [-0.15, -0.1) is 0 Å². The van der Waals surface area contributed by atoms with Crippen LogP contribution < -0.4 is 4.74 Å². The molecule has 0 N–H and O–H groups in total. The van der Waals surface area contributed by atoms with E-state index in [4.69, 9.17) is 14.2 Å². The van der Waals surface area contributed by atoms with E-state index in [0.29, 0.717) is 38.3 Å². The van der Waals surface area contributed by atoms with E-state index in [9.17, 15) is 13.6 Å². The fraction of sp³-hybridized carbons (Fsp3) is 0.306. The van der Waals surface area contributed by atoms with Crippen molar-refractivity contribution in [2.24, 2.45) is 0 Å². The Bertz CT molecular complexity index is 1500. The molecule has 1 saturated heterocycles. The Hall–Kier alpha value is -4.11. The minimum absolute atomic E-state index is 0.177. The molecule has 4 aromatic rings. The van der Waals surface area contributed by atoms with Crippen LogP contribution in [0.15, 0.2) is 103 Å². The molecule has 1 heterocycles. The number of methoxy groups -OCH3 is 2. The van der Waals surface area contributed by atoms with E-state index in [2.05, 4.69) is 9.80 Å². The normalized spacial score (nSPS) is 21.2. The molecule has 4 aromatic carbocycles. The molecule has 0 aromatic heterocycles. The first-order valence-corrected chi connectivity index (χ1v) is 14.9. The van der Waals surface area contributed by atoms with Crippen LogP contribution in [-0.2, 0) is 19.7 Å². The van der Waals surface area contributed by atoms with Crippen molar-refractivity contribution in [3.8, 4) is 5.75 Å². The Morgan fingerprint density at radius 2 is 1.27 bits per heavy atom. The van der Waals surface area contributed by atoms with Crippen LogP contribution in [0.1, 0.15) is 40.9 Å². The van der Waals surface area contributed by atoms with Gasteiger partial charge in [-0.25, -0.2) is 8.78 Å². The van der Waals surface area contributed by atoms with Crippen molar-refractivity contribution in [1.82, 2.24) is 9.80 Å². The molecule has 6 nitrogen and oxygen atoms in total. The zero-order valence-electron chi connectivity index (χ0n) is 24.9. The molecular weight excluding hydrogens is 562 g/mol. The molecule has 8 heteroatoms. The van der Waals surface area contributed by atoms with Crippen molar-refractivity contribution in [2.45, 2.75) is 30.2 Å². The molecule has 3 atom stereocenters. The molecule has 6 rings (SSSR count). The Morgan fingerprint density at radius 3 is 1.77 bits per heavy atom. The Kier molecular flexibility index (Phi) is 8.75. The largest absolute Gasteiger partial charge is 0.497 e. The van der Waals surface area contributed by atoms with Gasteiger partial charge in [0.25, 0.3) is 0 Å². The average molecular weight is 599 g/mol. The molecule has 0 radical (unpaired) electrons. The van der Waals surface area contributed by atoms with Gasteiger partial charge in [-0.05, 0) is 59.5 Å². The van der Waals surface area contributed by atoms with E-state index in [-0.39, 0.29) is 29.7 Å². The summed E-state index contributed by atoms with van der Waals surface area (Å²) in [5.74, 6) is -0.210. The first-order chi connectivity index (χ1) is 21.4. The zero-order chi connectivity index (χ0) is 30.7. The van der Waals surface area contributed by atoms with E-state index in [0.717, 1.165) is 22.3 Å².